The summed E-state index contributed by atoms with van der Waals surface area (Å²) < 4.78 is 0. The molecule has 0 atom stereocenters. The van der Waals surface area contributed by atoms with Crippen LogP contribution in [-0.4, -0.2) is 23.0 Å². The lowest BCUT2D eigenvalue weighted by Gasteiger charge is -2.19. The molecule has 1 aromatic carbocycles. The number of H-pyrrole nitrogens is 1. The van der Waals surface area contributed by atoms with Crippen LogP contribution in [0.5, 0.6) is 0 Å². The zero-order valence-corrected chi connectivity index (χ0v) is 11.3. The van der Waals surface area contributed by atoms with Crippen LogP contribution in [0.25, 0.3) is 10.9 Å². The third kappa shape index (κ3) is 2.40. The van der Waals surface area contributed by atoms with Gasteiger partial charge in [-0.05, 0) is 37.6 Å². The molecular weight excluding hydrogens is 244 g/mol. The summed E-state index contributed by atoms with van der Waals surface area (Å²) in [5.74, 6) is 0. The van der Waals surface area contributed by atoms with E-state index in [1.165, 1.54) is 49.7 Å². The molecule has 1 fully saturated rings. The summed E-state index contributed by atoms with van der Waals surface area (Å²) in [5, 5.41) is 2.08. The Balaban J connectivity index is 1.83. The molecule has 1 saturated heterocycles. The van der Waals surface area contributed by atoms with Crippen LogP contribution in [-0.2, 0) is 6.54 Å². The Morgan fingerprint density at radius 2 is 1.89 bits per heavy atom. The van der Waals surface area contributed by atoms with E-state index in [1.54, 1.807) is 0 Å². The van der Waals surface area contributed by atoms with Gasteiger partial charge in [0.25, 0.3) is 0 Å². The molecule has 1 N–H and O–H groups in total. The molecule has 0 unspecified atom stereocenters. The molecule has 2 heterocycles. The fourth-order valence-corrected chi connectivity index (χ4v) is 3.07. The highest BCUT2D eigenvalue weighted by atomic mass is 35.5. The molecule has 1 aliphatic rings. The van der Waals surface area contributed by atoms with Gasteiger partial charge in [-0.3, -0.25) is 4.90 Å². The number of rotatable bonds is 2. The minimum Gasteiger partial charge on any atom is -0.360 e. The number of hydrogen-bond donors (Lipinski definition) is 1. The van der Waals surface area contributed by atoms with Gasteiger partial charge in [0.2, 0.25) is 0 Å². The van der Waals surface area contributed by atoms with Gasteiger partial charge >= 0.3 is 0 Å². The Bertz CT molecular complexity index is 524. The molecular formula is C15H19ClN2. The van der Waals surface area contributed by atoms with E-state index in [0.29, 0.717) is 0 Å². The Hall–Kier alpha value is -0.990. The van der Waals surface area contributed by atoms with Crippen molar-refractivity contribution < 1.29 is 0 Å². The maximum Gasteiger partial charge on any atom is 0.0647 e. The Morgan fingerprint density at radius 1 is 1.11 bits per heavy atom. The van der Waals surface area contributed by atoms with Gasteiger partial charge in [0.05, 0.1) is 10.5 Å². The van der Waals surface area contributed by atoms with Crippen molar-refractivity contribution in [3.63, 3.8) is 0 Å². The first kappa shape index (κ1) is 12.1. The minimum atomic E-state index is 0.814. The van der Waals surface area contributed by atoms with Gasteiger partial charge in [-0.2, -0.15) is 0 Å². The van der Waals surface area contributed by atoms with Crippen molar-refractivity contribution >= 4 is 22.5 Å². The molecule has 0 spiro atoms. The van der Waals surface area contributed by atoms with Crippen molar-refractivity contribution in [1.82, 2.24) is 9.88 Å². The maximum absolute atomic E-state index is 6.19. The van der Waals surface area contributed by atoms with Crippen molar-refractivity contribution in [3.8, 4) is 0 Å². The second-order valence-corrected chi connectivity index (χ2v) is 5.57. The lowest BCUT2D eigenvalue weighted by atomic mass is 10.1. The summed E-state index contributed by atoms with van der Waals surface area (Å²) >= 11 is 6.19. The van der Waals surface area contributed by atoms with Crippen molar-refractivity contribution in [2.75, 3.05) is 13.1 Å². The smallest absolute Gasteiger partial charge is 0.0647 e. The Morgan fingerprint density at radius 3 is 2.67 bits per heavy atom. The number of likely N-dealkylation sites (tertiary alicyclic amines) is 1. The van der Waals surface area contributed by atoms with Crippen LogP contribution in [0.4, 0.5) is 0 Å². The van der Waals surface area contributed by atoms with Gasteiger partial charge in [0.1, 0.15) is 0 Å². The highest BCUT2D eigenvalue weighted by molar-refractivity contribution is 6.35. The van der Waals surface area contributed by atoms with E-state index >= 15 is 0 Å². The average Bonchev–Trinajstić information content (AvgIpc) is 2.61. The Kier molecular flexibility index (Phi) is 3.57. The van der Waals surface area contributed by atoms with Crippen LogP contribution in [0.1, 0.15) is 31.2 Å². The number of fused-ring (bicyclic) bond motifs is 1. The molecule has 96 valence electrons. The zero-order valence-electron chi connectivity index (χ0n) is 10.6. The van der Waals surface area contributed by atoms with Crippen LogP contribution in [0.3, 0.4) is 0 Å². The quantitative estimate of drug-likeness (QED) is 0.860. The van der Waals surface area contributed by atoms with Crippen molar-refractivity contribution in [2.24, 2.45) is 0 Å². The molecule has 0 bridgehead atoms. The molecule has 0 radical (unpaired) electrons. The molecule has 3 heteroatoms. The monoisotopic (exact) mass is 262 g/mol. The van der Waals surface area contributed by atoms with Crippen molar-refractivity contribution in [2.45, 2.75) is 32.2 Å². The second-order valence-electron chi connectivity index (χ2n) is 5.17. The predicted octanol–water partition coefficient (Wildman–Crippen LogP) is 4.20. The fourth-order valence-electron chi connectivity index (χ4n) is 2.84. The number of benzene rings is 1. The first-order chi connectivity index (χ1) is 8.84. The number of hydrogen-bond acceptors (Lipinski definition) is 1. The molecule has 1 aliphatic heterocycles. The highest BCUT2D eigenvalue weighted by Gasteiger charge is 2.12. The molecule has 1 aromatic heterocycles. The second kappa shape index (κ2) is 5.33. The number of aromatic nitrogens is 1. The standard InChI is InChI=1S/C15H19ClN2/c16-14-7-5-6-13-12(10-17-15(13)14)11-18-8-3-1-2-4-9-18/h5-7,10,17H,1-4,8-9,11H2. The van der Waals surface area contributed by atoms with Gasteiger partial charge in [-0.1, -0.05) is 36.6 Å². The molecule has 2 nitrogen and oxygen atoms in total. The normalized spacial score (nSPS) is 18.1. The van der Waals surface area contributed by atoms with Gasteiger partial charge in [0, 0.05) is 18.1 Å². The molecule has 0 saturated carbocycles. The number of halogens is 1. The summed E-state index contributed by atoms with van der Waals surface area (Å²) in [6, 6.07) is 6.13. The average molecular weight is 263 g/mol. The van der Waals surface area contributed by atoms with Crippen LogP contribution in [0.2, 0.25) is 5.02 Å². The minimum absolute atomic E-state index is 0.814. The number of para-hydroxylation sites is 1. The molecule has 0 aliphatic carbocycles. The largest absolute Gasteiger partial charge is 0.360 e. The summed E-state index contributed by atoms with van der Waals surface area (Å²) in [6.07, 6.45) is 7.56. The summed E-state index contributed by atoms with van der Waals surface area (Å²) in [7, 11) is 0. The molecule has 3 rings (SSSR count). The first-order valence-corrected chi connectivity index (χ1v) is 7.19. The summed E-state index contributed by atoms with van der Waals surface area (Å²) in [5.41, 5.74) is 2.44. The highest BCUT2D eigenvalue weighted by Crippen LogP contribution is 2.26. The van der Waals surface area contributed by atoms with E-state index in [2.05, 4.69) is 22.1 Å². The van der Waals surface area contributed by atoms with Gasteiger partial charge in [-0.15, -0.1) is 0 Å². The zero-order chi connectivity index (χ0) is 12.4. The van der Waals surface area contributed by atoms with E-state index in [1.807, 2.05) is 12.1 Å². The molecule has 2 aromatic rings. The van der Waals surface area contributed by atoms with E-state index in [4.69, 9.17) is 11.6 Å². The lowest BCUT2D eigenvalue weighted by molar-refractivity contribution is 0.278. The van der Waals surface area contributed by atoms with E-state index in [9.17, 15) is 0 Å². The first-order valence-electron chi connectivity index (χ1n) is 6.81. The van der Waals surface area contributed by atoms with Crippen LogP contribution >= 0.6 is 11.6 Å². The van der Waals surface area contributed by atoms with Gasteiger partial charge in [0.15, 0.2) is 0 Å². The third-order valence-corrected chi connectivity index (χ3v) is 4.16. The SMILES string of the molecule is Clc1cccc2c(CN3CCCCCC3)c[nH]c12. The Labute approximate surface area is 113 Å². The van der Waals surface area contributed by atoms with Crippen LogP contribution in [0.15, 0.2) is 24.4 Å². The lowest BCUT2D eigenvalue weighted by Crippen LogP contribution is -2.23. The number of aromatic amines is 1. The topological polar surface area (TPSA) is 19.0 Å². The van der Waals surface area contributed by atoms with Gasteiger partial charge in [-0.25, -0.2) is 0 Å². The molecule has 18 heavy (non-hydrogen) atoms. The van der Waals surface area contributed by atoms with E-state index in [0.717, 1.165) is 17.1 Å². The summed E-state index contributed by atoms with van der Waals surface area (Å²) in [6.45, 7) is 3.50. The van der Waals surface area contributed by atoms with Crippen LogP contribution in [0, 0.1) is 0 Å². The van der Waals surface area contributed by atoms with E-state index in [-0.39, 0.29) is 0 Å². The van der Waals surface area contributed by atoms with Crippen molar-refractivity contribution in [3.05, 3.63) is 35.0 Å². The van der Waals surface area contributed by atoms with Crippen molar-refractivity contribution in [1.29, 1.82) is 0 Å². The third-order valence-electron chi connectivity index (χ3n) is 3.84. The maximum atomic E-state index is 6.19. The summed E-state index contributed by atoms with van der Waals surface area (Å²) in [4.78, 5) is 5.87. The van der Waals surface area contributed by atoms with Crippen LogP contribution < -0.4 is 0 Å². The fraction of sp³-hybridized carbons (Fsp3) is 0.467. The number of nitrogens with zero attached hydrogens (tertiary/aromatic N) is 1. The predicted molar refractivity (Wildman–Crippen MR) is 77.1 cm³/mol. The van der Waals surface area contributed by atoms with E-state index < -0.39 is 0 Å². The van der Waals surface area contributed by atoms with Gasteiger partial charge < -0.3 is 4.98 Å². The molecule has 0 amide bonds. The number of nitrogens with one attached hydrogen (secondary N) is 1.